The molecular weight excluding hydrogens is 168 g/mol. The molecule has 3 nitrogen and oxygen atoms in total. The van der Waals surface area contributed by atoms with Gasteiger partial charge in [0.15, 0.2) is 5.75 Å². The summed E-state index contributed by atoms with van der Waals surface area (Å²) >= 11 is 0. The number of carbonyl (C=O) groups excluding carboxylic acids is 1. The quantitative estimate of drug-likeness (QED) is 0.646. The second-order valence-corrected chi connectivity index (χ2v) is 3.17. The van der Waals surface area contributed by atoms with E-state index in [9.17, 15) is 4.79 Å². The molecule has 0 N–H and O–H groups in total. The zero-order valence-electron chi connectivity index (χ0n) is 7.37. The van der Waals surface area contributed by atoms with Crippen molar-refractivity contribution in [3.8, 4) is 5.75 Å². The zero-order valence-corrected chi connectivity index (χ0v) is 7.37. The molecule has 2 rings (SSSR count). The summed E-state index contributed by atoms with van der Waals surface area (Å²) in [5.41, 5.74) is 2.00. The SMILES string of the molecule is CC(=O)Cc1ccc2c(c1)OOC2. The van der Waals surface area contributed by atoms with Crippen LogP contribution in [0.2, 0.25) is 0 Å². The van der Waals surface area contributed by atoms with Crippen LogP contribution in [0.25, 0.3) is 0 Å². The van der Waals surface area contributed by atoms with Crippen molar-refractivity contribution >= 4 is 5.78 Å². The predicted octanol–water partition coefficient (Wildman–Crippen LogP) is 1.64. The van der Waals surface area contributed by atoms with Gasteiger partial charge in [0.1, 0.15) is 12.4 Å². The lowest BCUT2D eigenvalue weighted by molar-refractivity contribution is -0.194. The molecule has 0 fully saturated rings. The molecule has 1 heterocycles. The minimum atomic E-state index is 0.152. The Morgan fingerprint density at radius 3 is 3.15 bits per heavy atom. The van der Waals surface area contributed by atoms with Crippen molar-refractivity contribution < 1.29 is 14.6 Å². The number of fused-ring (bicyclic) bond motifs is 1. The molecular formula is C10H10O3. The molecule has 0 spiro atoms. The van der Waals surface area contributed by atoms with Gasteiger partial charge in [0.05, 0.1) is 0 Å². The number of hydrogen-bond acceptors (Lipinski definition) is 3. The molecule has 1 aromatic carbocycles. The Balaban J connectivity index is 2.25. The van der Waals surface area contributed by atoms with Crippen LogP contribution in [0.15, 0.2) is 18.2 Å². The van der Waals surface area contributed by atoms with Crippen LogP contribution in [0.1, 0.15) is 18.1 Å². The van der Waals surface area contributed by atoms with E-state index in [2.05, 4.69) is 0 Å². The van der Waals surface area contributed by atoms with E-state index >= 15 is 0 Å². The fraction of sp³-hybridized carbons (Fsp3) is 0.300. The molecule has 0 saturated heterocycles. The molecule has 1 aliphatic heterocycles. The first kappa shape index (κ1) is 8.26. The van der Waals surface area contributed by atoms with E-state index in [4.69, 9.17) is 9.78 Å². The van der Waals surface area contributed by atoms with E-state index in [1.165, 1.54) is 0 Å². The number of hydrogen-bond donors (Lipinski definition) is 0. The average Bonchev–Trinajstić information content (AvgIpc) is 2.49. The number of Topliss-reactive ketones (excluding diaryl/α,β-unsaturated/α-hetero) is 1. The summed E-state index contributed by atoms with van der Waals surface area (Å²) < 4.78 is 0. The van der Waals surface area contributed by atoms with E-state index in [1.807, 2.05) is 18.2 Å². The van der Waals surface area contributed by atoms with E-state index in [0.29, 0.717) is 13.0 Å². The fourth-order valence-electron chi connectivity index (χ4n) is 1.35. The second kappa shape index (κ2) is 3.18. The Kier molecular flexibility index (Phi) is 2.02. The summed E-state index contributed by atoms with van der Waals surface area (Å²) in [6.07, 6.45) is 0.455. The van der Waals surface area contributed by atoms with Crippen LogP contribution in [0, 0.1) is 0 Å². The molecule has 0 aliphatic carbocycles. The maximum absolute atomic E-state index is 10.8. The standard InChI is InChI=1S/C10H10O3/c1-7(11)4-8-2-3-9-6-12-13-10(9)5-8/h2-3,5H,4,6H2,1H3. The second-order valence-electron chi connectivity index (χ2n) is 3.17. The van der Waals surface area contributed by atoms with Gasteiger partial charge < -0.3 is 4.89 Å². The molecule has 13 heavy (non-hydrogen) atoms. The first-order valence-corrected chi connectivity index (χ1v) is 4.16. The molecule has 0 bridgehead atoms. The summed E-state index contributed by atoms with van der Waals surface area (Å²) in [6.45, 7) is 2.07. The lowest BCUT2D eigenvalue weighted by Crippen LogP contribution is -1.96. The lowest BCUT2D eigenvalue weighted by atomic mass is 10.1. The Morgan fingerprint density at radius 2 is 2.38 bits per heavy atom. The third-order valence-corrected chi connectivity index (χ3v) is 1.95. The van der Waals surface area contributed by atoms with Crippen LogP contribution in [-0.4, -0.2) is 5.78 Å². The van der Waals surface area contributed by atoms with Crippen LogP contribution >= 0.6 is 0 Å². The molecule has 3 heteroatoms. The Hall–Kier alpha value is -1.35. The van der Waals surface area contributed by atoms with Crippen LogP contribution < -0.4 is 4.89 Å². The summed E-state index contributed by atoms with van der Waals surface area (Å²) in [5, 5.41) is 0. The number of ketones is 1. The summed E-state index contributed by atoms with van der Waals surface area (Å²) in [5.74, 6) is 0.887. The highest BCUT2D eigenvalue weighted by Gasteiger charge is 2.13. The van der Waals surface area contributed by atoms with Gasteiger partial charge >= 0.3 is 0 Å². The maximum Gasteiger partial charge on any atom is 0.171 e. The van der Waals surface area contributed by atoms with E-state index in [0.717, 1.165) is 16.9 Å². The number of rotatable bonds is 2. The van der Waals surface area contributed by atoms with Crippen molar-refractivity contribution in [2.75, 3.05) is 0 Å². The molecule has 1 aliphatic rings. The van der Waals surface area contributed by atoms with Gasteiger partial charge in [-0.1, -0.05) is 12.1 Å². The highest BCUT2D eigenvalue weighted by molar-refractivity contribution is 5.78. The molecule has 0 atom stereocenters. The maximum atomic E-state index is 10.8. The third-order valence-electron chi connectivity index (χ3n) is 1.95. The van der Waals surface area contributed by atoms with Gasteiger partial charge in [-0.05, 0) is 18.6 Å². The summed E-state index contributed by atoms with van der Waals surface area (Å²) in [7, 11) is 0. The van der Waals surface area contributed by atoms with Crippen LogP contribution in [-0.2, 0) is 22.7 Å². The summed E-state index contributed by atoms with van der Waals surface area (Å²) in [4.78, 5) is 20.5. The predicted molar refractivity (Wildman–Crippen MR) is 46.2 cm³/mol. The van der Waals surface area contributed by atoms with Crippen molar-refractivity contribution in [1.29, 1.82) is 0 Å². The molecule has 0 saturated carbocycles. The van der Waals surface area contributed by atoms with Crippen molar-refractivity contribution in [3.05, 3.63) is 29.3 Å². The largest absolute Gasteiger partial charge is 0.337 e. The minimum absolute atomic E-state index is 0.152. The highest BCUT2D eigenvalue weighted by atomic mass is 17.2. The van der Waals surface area contributed by atoms with Crippen LogP contribution in [0.5, 0.6) is 5.75 Å². The Morgan fingerprint density at radius 1 is 1.54 bits per heavy atom. The third kappa shape index (κ3) is 1.70. The van der Waals surface area contributed by atoms with Crippen molar-refractivity contribution in [2.45, 2.75) is 20.0 Å². The van der Waals surface area contributed by atoms with Crippen molar-refractivity contribution in [1.82, 2.24) is 0 Å². The normalized spacial score (nSPS) is 13.6. The van der Waals surface area contributed by atoms with Gasteiger partial charge in [-0.15, -0.1) is 0 Å². The van der Waals surface area contributed by atoms with E-state index in [-0.39, 0.29) is 5.78 Å². The van der Waals surface area contributed by atoms with Gasteiger partial charge in [-0.2, -0.15) is 4.89 Å². The van der Waals surface area contributed by atoms with Gasteiger partial charge in [0.2, 0.25) is 0 Å². The molecule has 0 unspecified atom stereocenters. The summed E-state index contributed by atoms with van der Waals surface area (Å²) in [6, 6.07) is 5.71. The van der Waals surface area contributed by atoms with E-state index < -0.39 is 0 Å². The molecule has 0 radical (unpaired) electrons. The number of benzene rings is 1. The first-order valence-electron chi connectivity index (χ1n) is 4.16. The molecule has 68 valence electrons. The molecule has 0 amide bonds. The monoisotopic (exact) mass is 178 g/mol. The van der Waals surface area contributed by atoms with Crippen LogP contribution in [0.3, 0.4) is 0 Å². The topological polar surface area (TPSA) is 35.5 Å². The fourth-order valence-corrected chi connectivity index (χ4v) is 1.35. The Bertz CT molecular complexity index is 344. The van der Waals surface area contributed by atoms with Crippen LogP contribution in [0.4, 0.5) is 0 Å². The van der Waals surface area contributed by atoms with Gasteiger partial charge in [-0.25, -0.2) is 0 Å². The Labute approximate surface area is 76.2 Å². The van der Waals surface area contributed by atoms with E-state index in [1.54, 1.807) is 6.92 Å². The minimum Gasteiger partial charge on any atom is -0.337 e. The zero-order chi connectivity index (χ0) is 9.26. The smallest absolute Gasteiger partial charge is 0.171 e. The van der Waals surface area contributed by atoms with Gasteiger partial charge in [0.25, 0.3) is 0 Å². The van der Waals surface area contributed by atoms with Gasteiger partial charge in [-0.3, -0.25) is 4.79 Å². The molecule has 1 aromatic rings. The lowest BCUT2D eigenvalue weighted by Gasteiger charge is -1.99. The van der Waals surface area contributed by atoms with Crippen molar-refractivity contribution in [3.63, 3.8) is 0 Å². The van der Waals surface area contributed by atoms with Gasteiger partial charge in [0, 0.05) is 12.0 Å². The number of carbonyl (C=O) groups is 1. The highest BCUT2D eigenvalue weighted by Crippen LogP contribution is 2.26. The average molecular weight is 178 g/mol. The van der Waals surface area contributed by atoms with Crippen molar-refractivity contribution in [2.24, 2.45) is 0 Å². The first-order chi connectivity index (χ1) is 6.25. The molecule has 0 aromatic heterocycles.